The summed E-state index contributed by atoms with van der Waals surface area (Å²) in [6.07, 6.45) is 1.79. The van der Waals surface area contributed by atoms with Crippen molar-refractivity contribution in [3.05, 3.63) is 42.6 Å². The molecule has 1 aromatic carbocycles. The monoisotopic (exact) mass is 229 g/mol. The lowest BCUT2D eigenvalue weighted by atomic mass is 10.1. The number of hydrogen-bond donors (Lipinski definition) is 1. The van der Waals surface area contributed by atoms with Gasteiger partial charge in [-0.1, -0.05) is 12.1 Å². The van der Waals surface area contributed by atoms with Gasteiger partial charge in [0.25, 0.3) is 0 Å². The average Bonchev–Trinajstić information content (AvgIpc) is 2.29. The Bertz CT molecular complexity index is 509. The van der Waals surface area contributed by atoms with Crippen molar-refractivity contribution in [3.8, 4) is 22.8 Å². The zero-order valence-electron chi connectivity index (χ0n) is 9.92. The normalized spacial score (nSPS) is 10.5. The molecule has 0 spiro atoms. The van der Waals surface area contributed by atoms with Crippen molar-refractivity contribution in [1.29, 1.82) is 0 Å². The molecule has 0 atom stereocenters. The van der Waals surface area contributed by atoms with Gasteiger partial charge in [-0.05, 0) is 38.1 Å². The van der Waals surface area contributed by atoms with Crippen LogP contribution in [0.15, 0.2) is 42.6 Å². The molecule has 0 unspecified atom stereocenters. The molecule has 0 bridgehead atoms. The van der Waals surface area contributed by atoms with E-state index in [1.807, 2.05) is 38.1 Å². The zero-order valence-corrected chi connectivity index (χ0v) is 9.92. The Balaban J connectivity index is 2.37. The average molecular weight is 229 g/mol. The first kappa shape index (κ1) is 11.5. The lowest BCUT2D eigenvalue weighted by Crippen LogP contribution is -2.05. The van der Waals surface area contributed by atoms with Gasteiger partial charge in [0, 0.05) is 11.8 Å². The Morgan fingerprint density at radius 1 is 1.18 bits per heavy atom. The van der Waals surface area contributed by atoms with Crippen molar-refractivity contribution >= 4 is 0 Å². The second-order valence-corrected chi connectivity index (χ2v) is 4.07. The third-order valence-electron chi connectivity index (χ3n) is 2.27. The second kappa shape index (κ2) is 4.87. The SMILES string of the molecule is CC(C)Oc1cccc(-c2ncccc2O)c1. The second-order valence-electron chi connectivity index (χ2n) is 4.07. The summed E-state index contributed by atoms with van der Waals surface area (Å²) in [6.45, 7) is 3.95. The highest BCUT2D eigenvalue weighted by molar-refractivity contribution is 5.66. The van der Waals surface area contributed by atoms with Crippen molar-refractivity contribution in [3.63, 3.8) is 0 Å². The van der Waals surface area contributed by atoms with Gasteiger partial charge >= 0.3 is 0 Å². The Labute approximate surface area is 101 Å². The molecule has 88 valence electrons. The molecule has 0 saturated heterocycles. The van der Waals surface area contributed by atoms with Gasteiger partial charge in [-0.3, -0.25) is 4.98 Å². The number of pyridine rings is 1. The van der Waals surface area contributed by atoms with Crippen LogP contribution in [-0.4, -0.2) is 16.2 Å². The summed E-state index contributed by atoms with van der Waals surface area (Å²) in [4.78, 5) is 4.16. The Morgan fingerprint density at radius 3 is 2.71 bits per heavy atom. The van der Waals surface area contributed by atoms with E-state index in [9.17, 15) is 5.11 Å². The Kier molecular flexibility index (Phi) is 3.28. The van der Waals surface area contributed by atoms with Crippen LogP contribution in [0.4, 0.5) is 0 Å². The van der Waals surface area contributed by atoms with Crippen molar-refractivity contribution < 1.29 is 9.84 Å². The van der Waals surface area contributed by atoms with Gasteiger partial charge < -0.3 is 9.84 Å². The summed E-state index contributed by atoms with van der Waals surface area (Å²) in [5, 5.41) is 9.73. The quantitative estimate of drug-likeness (QED) is 0.878. The van der Waals surface area contributed by atoms with Crippen LogP contribution in [0.1, 0.15) is 13.8 Å². The maximum atomic E-state index is 9.73. The molecule has 17 heavy (non-hydrogen) atoms. The van der Waals surface area contributed by atoms with Gasteiger partial charge in [-0.25, -0.2) is 0 Å². The van der Waals surface area contributed by atoms with E-state index in [4.69, 9.17) is 4.74 Å². The summed E-state index contributed by atoms with van der Waals surface area (Å²) < 4.78 is 5.61. The third kappa shape index (κ3) is 2.75. The van der Waals surface area contributed by atoms with E-state index in [2.05, 4.69) is 4.98 Å². The molecule has 0 radical (unpaired) electrons. The summed E-state index contributed by atoms with van der Waals surface area (Å²) in [5.41, 5.74) is 1.42. The minimum atomic E-state index is 0.127. The van der Waals surface area contributed by atoms with Crippen LogP contribution in [0, 0.1) is 0 Å². The Hall–Kier alpha value is -2.03. The van der Waals surface area contributed by atoms with Gasteiger partial charge in [0.2, 0.25) is 0 Å². The number of nitrogens with zero attached hydrogens (tertiary/aromatic N) is 1. The van der Waals surface area contributed by atoms with Crippen LogP contribution in [0.25, 0.3) is 11.3 Å². The zero-order chi connectivity index (χ0) is 12.3. The lowest BCUT2D eigenvalue weighted by Gasteiger charge is -2.11. The van der Waals surface area contributed by atoms with Crippen LogP contribution >= 0.6 is 0 Å². The van der Waals surface area contributed by atoms with Crippen molar-refractivity contribution in [2.24, 2.45) is 0 Å². The van der Waals surface area contributed by atoms with Crippen molar-refractivity contribution in [1.82, 2.24) is 4.98 Å². The molecule has 2 rings (SSSR count). The molecule has 1 heterocycles. The van der Waals surface area contributed by atoms with Crippen LogP contribution in [0.3, 0.4) is 0 Å². The molecule has 0 amide bonds. The fraction of sp³-hybridized carbons (Fsp3) is 0.214. The molecule has 1 N–H and O–H groups in total. The van der Waals surface area contributed by atoms with Crippen LogP contribution in [0.5, 0.6) is 11.5 Å². The van der Waals surface area contributed by atoms with Crippen molar-refractivity contribution in [2.75, 3.05) is 0 Å². The highest BCUT2D eigenvalue weighted by Crippen LogP contribution is 2.28. The number of hydrogen-bond acceptors (Lipinski definition) is 3. The molecule has 1 aromatic heterocycles. The van der Waals surface area contributed by atoms with E-state index in [1.165, 1.54) is 0 Å². The molecule has 0 aliphatic heterocycles. The van der Waals surface area contributed by atoms with E-state index in [1.54, 1.807) is 18.3 Å². The topological polar surface area (TPSA) is 42.4 Å². The van der Waals surface area contributed by atoms with Crippen LogP contribution in [-0.2, 0) is 0 Å². The molecule has 0 aliphatic rings. The molecule has 0 aliphatic carbocycles. The molecule has 3 nitrogen and oxygen atoms in total. The molecular formula is C14H15NO2. The van der Waals surface area contributed by atoms with Gasteiger partial charge in [0.05, 0.1) is 6.10 Å². The lowest BCUT2D eigenvalue weighted by molar-refractivity contribution is 0.242. The molecule has 0 saturated carbocycles. The number of ether oxygens (including phenoxy) is 1. The van der Waals surface area contributed by atoms with E-state index in [0.717, 1.165) is 11.3 Å². The fourth-order valence-corrected chi connectivity index (χ4v) is 1.61. The molecular weight excluding hydrogens is 214 g/mol. The van der Waals surface area contributed by atoms with E-state index in [0.29, 0.717) is 5.69 Å². The Morgan fingerprint density at radius 2 is 2.00 bits per heavy atom. The molecule has 2 aromatic rings. The summed E-state index contributed by atoms with van der Waals surface area (Å²) in [5.74, 6) is 0.955. The number of benzene rings is 1. The maximum absolute atomic E-state index is 9.73. The summed E-state index contributed by atoms with van der Waals surface area (Å²) in [6, 6.07) is 10.9. The van der Waals surface area contributed by atoms with E-state index in [-0.39, 0.29) is 11.9 Å². The maximum Gasteiger partial charge on any atom is 0.141 e. The van der Waals surface area contributed by atoms with Gasteiger partial charge in [0.1, 0.15) is 17.2 Å². The predicted octanol–water partition coefficient (Wildman–Crippen LogP) is 3.24. The van der Waals surface area contributed by atoms with Crippen LogP contribution in [0.2, 0.25) is 0 Å². The van der Waals surface area contributed by atoms with Gasteiger partial charge in [-0.15, -0.1) is 0 Å². The highest BCUT2D eigenvalue weighted by atomic mass is 16.5. The number of aromatic hydroxyl groups is 1. The first-order valence-electron chi connectivity index (χ1n) is 5.58. The van der Waals surface area contributed by atoms with Gasteiger partial charge in [-0.2, -0.15) is 0 Å². The highest BCUT2D eigenvalue weighted by Gasteiger charge is 2.06. The van der Waals surface area contributed by atoms with Crippen LogP contribution < -0.4 is 4.74 Å². The molecule has 3 heteroatoms. The van der Waals surface area contributed by atoms with E-state index >= 15 is 0 Å². The third-order valence-corrected chi connectivity index (χ3v) is 2.27. The standard InChI is InChI=1S/C14H15NO2/c1-10(2)17-12-6-3-5-11(9-12)14-13(16)7-4-8-15-14/h3-10,16H,1-2H3. The predicted molar refractivity (Wildman–Crippen MR) is 67.1 cm³/mol. The van der Waals surface area contributed by atoms with Crippen molar-refractivity contribution in [2.45, 2.75) is 20.0 Å². The summed E-state index contributed by atoms with van der Waals surface area (Å²) in [7, 11) is 0. The minimum Gasteiger partial charge on any atom is -0.506 e. The van der Waals surface area contributed by atoms with Gasteiger partial charge in [0.15, 0.2) is 0 Å². The first-order valence-corrected chi connectivity index (χ1v) is 5.58. The smallest absolute Gasteiger partial charge is 0.141 e. The van der Waals surface area contributed by atoms with E-state index < -0.39 is 0 Å². The summed E-state index contributed by atoms with van der Waals surface area (Å²) >= 11 is 0. The largest absolute Gasteiger partial charge is 0.506 e. The first-order chi connectivity index (χ1) is 8.16. The molecule has 0 fully saturated rings. The minimum absolute atomic E-state index is 0.127. The fourth-order valence-electron chi connectivity index (χ4n) is 1.61. The number of rotatable bonds is 3. The number of aromatic nitrogens is 1.